The van der Waals surface area contributed by atoms with Crippen molar-refractivity contribution < 1.29 is 8.42 Å². The Bertz CT molecular complexity index is 548. The van der Waals surface area contributed by atoms with Crippen molar-refractivity contribution in [1.82, 2.24) is 14.6 Å². The van der Waals surface area contributed by atoms with E-state index >= 15 is 0 Å². The quantitative estimate of drug-likeness (QED) is 0.712. The van der Waals surface area contributed by atoms with E-state index in [0.29, 0.717) is 12.6 Å². The van der Waals surface area contributed by atoms with Crippen molar-refractivity contribution in [1.29, 1.82) is 0 Å². The lowest BCUT2D eigenvalue weighted by Crippen LogP contribution is -2.35. The molecule has 0 saturated heterocycles. The van der Waals surface area contributed by atoms with Gasteiger partial charge in [-0.1, -0.05) is 11.6 Å². The number of rotatable bonds is 8. The van der Waals surface area contributed by atoms with Crippen molar-refractivity contribution in [3.63, 3.8) is 0 Å². The summed E-state index contributed by atoms with van der Waals surface area (Å²) in [6.07, 6.45) is 4.72. The third kappa shape index (κ3) is 4.59. The van der Waals surface area contributed by atoms with Crippen LogP contribution < -0.4 is 10.0 Å². The molecule has 1 saturated carbocycles. The van der Waals surface area contributed by atoms with E-state index in [-0.39, 0.29) is 10.8 Å². The lowest BCUT2D eigenvalue weighted by Gasteiger charge is -2.18. The average molecular weight is 319 g/mol. The molecule has 0 radical (unpaired) electrons. The van der Waals surface area contributed by atoms with E-state index in [1.54, 1.807) is 12.1 Å². The standard InChI is InChI=1S/C12H19ClN4O2S/c1-17(9-3-8-14-10-5-6-10)20(18,19)16-12-11(13)4-2-7-15-12/h2,4,7,10,14H,3,5-6,8-9H2,1H3,(H,15,16). The van der Waals surface area contributed by atoms with Gasteiger partial charge in [0, 0.05) is 25.8 Å². The maximum absolute atomic E-state index is 12.1. The van der Waals surface area contributed by atoms with Crippen LogP contribution in [-0.2, 0) is 10.2 Å². The van der Waals surface area contributed by atoms with Crippen molar-refractivity contribution in [3.8, 4) is 0 Å². The minimum atomic E-state index is -3.61. The summed E-state index contributed by atoms with van der Waals surface area (Å²) >= 11 is 5.89. The number of aromatic nitrogens is 1. The van der Waals surface area contributed by atoms with E-state index in [0.717, 1.165) is 13.0 Å². The molecule has 0 atom stereocenters. The largest absolute Gasteiger partial charge is 0.314 e. The molecule has 112 valence electrons. The van der Waals surface area contributed by atoms with Crippen LogP contribution in [-0.4, -0.2) is 43.9 Å². The molecule has 6 nitrogen and oxygen atoms in total. The zero-order valence-corrected chi connectivity index (χ0v) is 12.9. The highest BCUT2D eigenvalue weighted by Crippen LogP contribution is 2.20. The second-order valence-electron chi connectivity index (χ2n) is 4.84. The molecule has 1 aliphatic carbocycles. The van der Waals surface area contributed by atoms with Crippen molar-refractivity contribution >= 4 is 27.6 Å². The van der Waals surface area contributed by atoms with Crippen LogP contribution in [0.4, 0.5) is 5.82 Å². The number of pyridine rings is 1. The van der Waals surface area contributed by atoms with Crippen molar-refractivity contribution in [3.05, 3.63) is 23.4 Å². The molecule has 1 aliphatic rings. The summed E-state index contributed by atoms with van der Waals surface area (Å²) in [7, 11) is -2.07. The van der Waals surface area contributed by atoms with Gasteiger partial charge in [0.2, 0.25) is 0 Å². The SMILES string of the molecule is CN(CCCNC1CC1)S(=O)(=O)Nc1ncccc1Cl. The highest BCUT2D eigenvalue weighted by atomic mass is 35.5. The molecule has 0 spiro atoms. The Morgan fingerprint density at radius 1 is 1.50 bits per heavy atom. The Morgan fingerprint density at radius 2 is 2.25 bits per heavy atom. The maximum Gasteiger partial charge on any atom is 0.302 e. The Labute approximate surface area is 124 Å². The van der Waals surface area contributed by atoms with Crippen molar-refractivity contribution in [2.75, 3.05) is 24.9 Å². The summed E-state index contributed by atoms with van der Waals surface area (Å²) < 4.78 is 27.8. The fraction of sp³-hybridized carbons (Fsp3) is 0.583. The van der Waals surface area contributed by atoms with E-state index in [2.05, 4.69) is 15.0 Å². The Hall–Kier alpha value is -0.890. The van der Waals surface area contributed by atoms with Gasteiger partial charge in [0.25, 0.3) is 0 Å². The molecular formula is C12H19ClN4O2S. The molecule has 0 unspecified atom stereocenters. The van der Waals surface area contributed by atoms with Gasteiger partial charge < -0.3 is 5.32 Å². The summed E-state index contributed by atoms with van der Waals surface area (Å²) in [5.74, 6) is 0.150. The van der Waals surface area contributed by atoms with Gasteiger partial charge in [-0.2, -0.15) is 12.7 Å². The smallest absolute Gasteiger partial charge is 0.302 e. The summed E-state index contributed by atoms with van der Waals surface area (Å²) in [4.78, 5) is 3.91. The van der Waals surface area contributed by atoms with Crippen LogP contribution in [0.2, 0.25) is 5.02 Å². The molecule has 0 aliphatic heterocycles. The zero-order chi connectivity index (χ0) is 14.6. The van der Waals surface area contributed by atoms with Crippen LogP contribution in [0.25, 0.3) is 0 Å². The summed E-state index contributed by atoms with van der Waals surface area (Å²) in [5.41, 5.74) is 0. The topological polar surface area (TPSA) is 74.3 Å². The fourth-order valence-corrected chi connectivity index (χ4v) is 2.83. The molecule has 2 N–H and O–H groups in total. The summed E-state index contributed by atoms with van der Waals surface area (Å²) in [5, 5.41) is 3.62. The van der Waals surface area contributed by atoms with Crippen LogP contribution in [0.5, 0.6) is 0 Å². The van der Waals surface area contributed by atoms with Gasteiger partial charge in [-0.3, -0.25) is 4.72 Å². The maximum atomic E-state index is 12.1. The Morgan fingerprint density at radius 3 is 2.90 bits per heavy atom. The third-order valence-corrected chi connectivity index (χ3v) is 4.81. The number of anilines is 1. The Balaban J connectivity index is 1.83. The van der Waals surface area contributed by atoms with Crippen LogP contribution in [0.1, 0.15) is 19.3 Å². The molecule has 20 heavy (non-hydrogen) atoms. The normalized spacial score (nSPS) is 15.6. The molecule has 0 amide bonds. The first-order valence-electron chi connectivity index (χ1n) is 6.57. The van der Waals surface area contributed by atoms with Gasteiger partial charge in [-0.05, 0) is 37.9 Å². The monoisotopic (exact) mass is 318 g/mol. The summed E-state index contributed by atoms with van der Waals surface area (Å²) in [6.45, 7) is 1.27. The molecule has 1 aromatic heterocycles. The first-order valence-corrected chi connectivity index (χ1v) is 8.39. The predicted octanol–water partition coefficient (Wildman–Crippen LogP) is 1.47. The molecule has 0 bridgehead atoms. The third-order valence-electron chi connectivity index (χ3n) is 3.05. The van der Waals surface area contributed by atoms with E-state index in [9.17, 15) is 8.42 Å². The van der Waals surface area contributed by atoms with Gasteiger partial charge in [0.15, 0.2) is 5.82 Å². The minimum Gasteiger partial charge on any atom is -0.314 e. The highest BCUT2D eigenvalue weighted by molar-refractivity contribution is 7.90. The number of hydrogen-bond donors (Lipinski definition) is 2. The van der Waals surface area contributed by atoms with Gasteiger partial charge in [0.05, 0.1) is 5.02 Å². The van der Waals surface area contributed by atoms with E-state index in [4.69, 9.17) is 11.6 Å². The van der Waals surface area contributed by atoms with Crippen LogP contribution in [0.3, 0.4) is 0 Å². The van der Waals surface area contributed by atoms with Crippen LogP contribution >= 0.6 is 11.6 Å². The fourth-order valence-electron chi connectivity index (χ4n) is 1.68. The van der Waals surface area contributed by atoms with E-state index in [1.807, 2.05) is 0 Å². The lowest BCUT2D eigenvalue weighted by atomic mass is 10.4. The van der Waals surface area contributed by atoms with E-state index in [1.165, 1.54) is 30.4 Å². The average Bonchev–Trinajstić information content (AvgIpc) is 3.21. The van der Waals surface area contributed by atoms with Gasteiger partial charge in [-0.15, -0.1) is 0 Å². The van der Waals surface area contributed by atoms with Crippen molar-refractivity contribution in [2.45, 2.75) is 25.3 Å². The molecule has 0 aromatic carbocycles. The number of halogens is 1. The highest BCUT2D eigenvalue weighted by Gasteiger charge is 2.21. The molecular weight excluding hydrogens is 300 g/mol. The number of hydrogen-bond acceptors (Lipinski definition) is 4. The first-order chi connectivity index (χ1) is 9.49. The van der Waals surface area contributed by atoms with E-state index < -0.39 is 10.2 Å². The minimum absolute atomic E-state index is 0.150. The van der Waals surface area contributed by atoms with Crippen LogP contribution in [0.15, 0.2) is 18.3 Å². The zero-order valence-electron chi connectivity index (χ0n) is 11.3. The lowest BCUT2D eigenvalue weighted by molar-refractivity contribution is 0.457. The number of nitrogens with zero attached hydrogens (tertiary/aromatic N) is 2. The van der Waals surface area contributed by atoms with Gasteiger partial charge >= 0.3 is 10.2 Å². The molecule has 8 heteroatoms. The van der Waals surface area contributed by atoms with Gasteiger partial charge in [-0.25, -0.2) is 4.98 Å². The molecule has 2 rings (SSSR count). The second kappa shape index (κ2) is 6.71. The Kier molecular flexibility index (Phi) is 5.20. The second-order valence-corrected chi connectivity index (χ2v) is 7.03. The molecule has 1 aromatic rings. The van der Waals surface area contributed by atoms with Crippen molar-refractivity contribution in [2.24, 2.45) is 0 Å². The predicted molar refractivity (Wildman–Crippen MR) is 80.1 cm³/mol. The first kappa shape index (κ1) is 15.5. The molecule has 1 fully saturated rings. The van der Waals surface area contributed by atoms with Gasteiger partial charge in [0.1, 0.15) is 0 Å². The van der Waals surface area contributed by atoms with Crippen LogP contribution in [0, 0.1) is 0 Å². The molecule has 1 heterocycles. The number of nitrogens with one attached hydrogen (secondary N) is 2. The summed E-state index contributed by atoms with van der Waals surface area (Å²) in [6, 6.07) is 3.88.